The Morgan fingerprint density at radius 1 is 1.16 bits per heavy atom. The molecule has 3 aromatic rings. The monoisotopic (exact) mass is 334 g/mol. The fourth-order valence-corrected chi connectivity index (χ4v) is 2.45. The molecule has 0 spiro atoms. The summed E-state index contributed by atoms with van der Waals surface area (Å²) in [6.45, 7) is 2.00. The van der Waals surface area contributed by atoms with Crippen LogP contribution in [0.15, 0.2) is 59.7 Å². The first-order valence-corrected chi connectivity index (χ1v) is 7.87. The molecule has 25 heavy (non-hydrogen) atoms. The number of carbonyl (C=O) groups excluding carboxylic acids is 1. The second kappa shape index (κ2) is 7.09. The average Bonchev–Trinajstić information content (AvgIpc) is 2.63. The number of aryl methyl sites for hydroxylation is 1. The Hall–Kier alpha value is -3.28. The number of ketones is 1. The van der Waals surface area contributed by atoms with Gasteiger partial charge in [-0.25, -0.2) is 4.98 Å². The van der Waals surface area contributed by atoms with Crippen molar-refractivity contribution in [2.75, 3.05) is 11.9 Å². The van der Waals surface area contributed by atoms with E-state index in [1.165, 1.54) is 10.6 Å². The van der Waals surface area contributed by atoms with Gasteiger partial charge in [-0.1, -0.05) is 23.8 Å². The minimum absolute atomic E-state index is 0.0591. The molecule has 2 aromatic heterocycles. The number of hydrogen-bond donors (Lipinski definition) is 1. The summed E-state index contributed by atoms with van der Waals surface area (Å²) in [5.74, 6) is 0.285. The van der Waals surface area contributed by atoms with Crippen molar-refractivity contribution in [1.29, 1.82) is 0 Å². The molecule has 0 aliphatic heterocycles. The van der Waals surface area contributed by atoms with Crippen LogP contribution in [0.3, 0.4) is 0 Å². The molecule has 3 rings (SSSR count). The predicted octanol–water partition coefficient (Wildman–Crippen LogP) is 2.45. The third-order valence-electron chi connectivity index (χ3n) is 3.86. The topological polar surface area (TPSA) is 76.9 Å². The second-order valence-electron chi connectivity index (χ2n) is 5.74. The molecule has 1 aromatic carbocycles. The minimum Gasteiger partial charge on any atom is -0.348 e. The third kappa shape index (κ3) is 3.80. The van der Waals surface area contributed by atoms with Crippen molar-refractivity contribution in [2.24, 2.45) is 7.05 Å². The van der Waals surface area contributed by atoms with Crippen LogP contribution in [0.2, 0.25) is 0 Å². The fraction of sp³-hybridized carbons (Fsp3) is 0.158. The number of carbonyl (C=O) groups is 1. The molecular weight excluding hydrogens is 316 g/mol. The molecule has 126 valence electrons. The molecule has 1 N–H and O–H groups in total. The van der Waals surface area contributed by atoms with Crippen LogP contribution in [0.5, 0.6) is 0 Å². The molecule has 2 heterocycles. The zero-order valence-electron chi connectivity index (χ0n) is 14.1. The SMILES string of the molecule is Cc1cccc(C(=O)CNc2nc(-c3ccncc3)cc(=O)n2C)c1. The van der Waals surface area contributed by atoms with Crippen molar-refractivity contribution in [2.45, 2.75) is 6.92 Å². The number of Topliss-reactive ketones (excluding diaryl/α,β-unsaturated/α-hetero) is 1. The summed E-state index contributed by atoms with van der Waals surface area (Å²) >= 11 is 0. The summed E-state index contributed by atoms with van der Waals surface area (Å²) in [5.41, 5.74) is 2.78. The summed E-state index contributed by atoms with van der Waals surface area (Å²) < 4.78 is 1.38. The molecule has 0 unspecified atom stereocenters. The van der Waals surface area contributed by atoms with Crippen LogP contribution < -0.4 is 10.9 Å². The number of aromatic nitrogens is 3. The summed E-state index contributed by atoms with van der Waals surface area (Å²) in [6, 6.07) is 12.4. The number of nitrogens with one attached hydrogen (secondary N) is 1. The number of benzene rings is 1. The average molecular weight is 334 g/mol. The van der Waals surface area contributed by atoms with E-state index in [9.17, 15) is 9.59 Å². The van der Waals surface area contributed by atoms with E-state index < -0.39 is 0 Å². The first-order chi connectivity index (χ1) is 12.0. The van der Waals surface area contributed by atoms with E-state index in [1.807, 2.05) is 25.1 Å². The maximum Gasteiger partial charge on any atom is 0.255 e. The van der Waals surface area contributed by atoms with Gasteiger partial charge in [0.15, 0.2) is 5.78 Å². The lowest BCUT2D eigenvalue weighted by atomic mass is 10.1. The number of hydrogen-bond acceptors (Lipinski definition) is 5. The number of pyridine rings is 1. The maximum absolute atomic E-state index is 12.3. The number of rotatable bonds is 5. The van der Waals surface area contributed by atoms with Gasteiger partial charge in [-0.2, -0.15) is 0 Å². The van der Waals surface area contributed by atoms with Crippen molar-refractivity contribution in [3.63, 3.8) is 0 Å². The van der Waals surface area contributed by atoms with Gasteiger partial charge in [-0.15, -0.1) is 0 Å². The predicted molar refractivity (Wildman–Crippen MR) is 96.7 cm³/mol. The molecule has 0 saturated carbocycles. The Kier molecular flexibility index (Phi) is 4.70. The largest absolute Gasteiger partial charge is 0.348 e. The van der Waals surface area contributed by atoms with E-state index in [0.717, 1.165) is 11.1 Å². The molecule has 6 heteroatoms. The van der Waals surface area contributed by atoms with Gasteiger partial charge < -0.3 is 5.32 Å². The fourth-order valence-electron chi connectivity index (χ4n) is 2.45. The standard InChI is InChI=1S/C19H18N4O2/c1-13-4-3-5-15(10-13)17(24)12-21-19-22-16(11-18(25)23(19)2)14-6-8-20-9-7-14/h3-11H,12H2,1-2H3,(H,21,22). The quantitative estimate of drug-likeness (QED) is 0.725. The van der Waals surface area contributed by atoms with Gasteiger partial charge in [0.2, 0.25) is 5.95 Å². The lowest BCUT2D eigenvalue weighted by Gasteiger charge is -2.11. The molecule has 0 atom stereocenters. The minimum atomic E-state index is -0.202. The van der Waals surface area contributed by atoms with E-state index in [0.29, 0.717) is 17.2 Å². The van der Waals surface area contributed by atoms with Crippen LogP contribution in [0, 0.1) is 6.92 Å². The zero-order chi connectivity index (χ0) is 17.8. The van der Waals surface area contributed by atoms with Crippen LogP contribution >= 0.6 is 0 Å². The summed E-state index contributed by atoms with van der Waals surface area (Å²) in [6.07, 6.45) is 3.28. The molecule has 0 aliphatic carbocycles. The third-order valence-corrected chi connectivity index (χ3v) is 3.86. The summed E-state index contributed by atoms with van der Waals surface area (Å²) in [5, 5.41) is 2.97. The van der Waals surface area contributed by atoms with Crippen molar-refractivity contribution in [3.8, 4) is 11.3 Å². The molecular formula is C19H18N4O2. The lowest BCUT2D eigenvalue weighted by Crippen LogP contribution is -2.24. The first-order valence-electron chi connectivity index (χ1n) is 7.87. The van der Waals surface area contributed by atoms with Gasteiger partial charge in [0.1, 0.15) is 0 Å². The number of anilines is 1. The van der Waals surface area contributed by atoms with Crippen LogP contribution in [0.25, 0.3) is 11.3 Å². The van der Waals surface area contributed by atoms with Gasteiger partial charge in [0, 0.05) is 36.6 Å². The van der Waals surface area contributed by atoms with Gasteiger partial charge in [-0.05, 0) is 25.1 Å². The molecule has 0 radical (unpaired) electrons. The van der Waals surface area contributed by atoms with Crippen LogP contribution in [0.1, 0.15) is 15.9 Å². The van der Waals surface area contributed by atoms with Crippen molar-refractivity contribution in [1.82, 2.24) is 14.5 Å². The normalized spacial score (nSPS) is 10.5. The van der Waals surface area contributed by atoms with Gasteiger partial charge in [-0.3, -0.25) is 19.1 Å². The van der Waals surface area contributed by atoms with Gasteiger partial charge in [0.05, 0.1) is 12.2 Å². The summed E-state index contributed by atoms with van der Waals surface area (Å²) in [4.78, 5) is 32.9. The highest BCUT2D eigenvalue weighted by Crippen LogP contribution is 2.15. The van der Waals surface area contributed by atoms with Gasteiger partial charge in [0.25, 0.3) is 5.56 Å². The van der Waals surface area contributed by atoms with Crippen molar-refractivity contribution >= 4 is 11.7 Å². The molecule has 0 saturated heterocycles. The Morgan fingerprint density at radius 3 is 2.64 bits per heavy atom. The molecule has 0 amide bonds. The van der Waals surface area contributed by atoms with Gasteiger partial charge >= 0.3 is 0 Å². The molecule has 0 bridgehead atoms. The van der Waals surface area contributed by atoms with Crippen LogP contribution in [0.4, 0.5) is 5.95 Å². The molecule has 0 aliphatic rings. The Morgan fingerprint density at radius 2 is 1.92 bits per heavy atom. The van der Waals surface area contributed by atoms with Crippen LogP contribution in [-0.2, 0) is 7.05 Å². The number of nitrogens with zero attached hydrogens (tertiary/aromatic N) is 3. The van der Waals surface area contributed by atoms with E-state index in [1.54, 1.807) is 37.6 Å². The maximum atomic E-state index is 12.3. The molecule has 0 fully saturated rings. The Labute approximate surface area is 145 Å². The van der Waals surface area contributed by atoms with Crippen molar-refractivity contribution < 1.29 is 4.79 Å². The van der Waals surface area contributed by atoms with E-state index in [4.69, 9.17) is 0 Å². The second-order valence-corrected chi connectivity index (χ2v) is 5.74. The highest BCUT2D eigenvalue weighted by molar-refractivity contribution is 5.98. The highest BCUT2D eigenvalue weighted by Gasteiger charge is 2.10. The van der Waals surface area contributed by atoms with Crippen LogP contribution in [-0.4, -0.2) is 26.9 Å². The Balaban J connectivity index is 1.84. The van der Waals surface area contributed by atoms with E-state index in [-0.39, 0.29) is 17.9 Å². The smallest absolute Gasteiger partial charge is 0.255 e. The lowest BCUT2D eigenvalue weighted by molar-refractivity contribution is 0.101. The molecule has 6 nitrogen and oxygen atoms in total. The zero-order valence-corrected chi connectivity index (χ0v) is 14.1. The van der Waals surface area contributed by atoms with E-state index >= 15 is 0 Å². The highest BCUT2D eigenvalue weighted by atomic mass is 16.1. The van der Waals surface area contributed by atoms with E-state index in [2.05, 4.69) is 15.3 Å². The Bertz CT molecular complexity index is 965. The first kappa shape index (κ1) is 16.6. The van der Waals surface area contributed by atoms with Crippen molar-refractivity contribution in [3.05, 3.63) is 76.3 Å². The summed E-state index contributed by atoms with van der Waals surface area (Å²) in [7, 11) is 1.62.